The Morgan fingerprint density at radius 2 is 1.83 bits per heavy atom. The van der Waals surface area contributed by atoms with E-state index in [0.29, 0.717) is 24.4 Å². The quantitative estimate of drug-likeness (QED) is 0.845. The summed E-state index contributed by atoms with van der Waals surface area (Å²) in [5, 5.41) is 5.34. The zero-order chi connectivity index (χ0) is 16.5. The highest BCUT2D eigenvalue weighted by Crippen LogP contribution is 2.03. The van der Waals surface area contributed by atoms with Crippen molar-refractivity contribution in [3.05, 3.63) is 59.7 Å². The molecule has 2 aromatic rings. The minimum atomic E-state index is -0.515. The number of hydrogen-bond acceptors (Lipinski definition) is 5. The summed E-state index contributed by atoms with van der Waals surface area (Å²) in [6, 6.07) is 8.75. The number of carbonyl (C=O) groups excluding carboxylic acids is 2. The average Bonchev–Trinajstić information content (AvgIpc) is 2.59. The summed E-state index contributed by atoms with van der Waals surface area (Å²) in [5.74, 6) is -0.226. The zero-order valence-electron chi connectivity index (χ0n) is 12.8. The number of nitrogens with one attached hydrogen (secondary N) is 2. The van der Waals surface area contributed by atoms with E-state index in [1.165, 1.54) is 6.20 Å². The van der Waals surface area contributed by atoms with Crippen molar-refractivity contribution in [2.24, 2.45) is 0 Å². The Kier molecular flexibility index (Phi) is 6.05. The van der Waals surface area contributed by atoms with Crippen LogP contribution < -0.4 is 10.6 Å². The van der Waals surface area contributed by atoms with Crippen LogP contribution in [0.5, 0.6) is 0 Å². The predicted molar refractivity (Wildman–Crippen MR) is 83.5 cm³/mol. The molecule has 0 saturated heterocycles. The van der Waals surface area contributed by atoms with Crippen molar-refractivity contribution in [1.82, 2.24) is 20.6 Å². The van der Waals surface area contributed by atoms with Crippen molar-refractivity contribution in [3.63, 3.8) is 0 Å². The predicted octanol–water partition coefficient (Wildman–Crippen LogP) is 1.65. The van der Waals surface area contributed by atoms with Gasteiger partial charge in [-0.05, 0) is 31.2 Å². The fourth-order valence-electron chi connectivity index (χ4n) is 1.84. The van der Waals surface area contributed by atoms with Crippen molar-refractivity contribution in [2.75, 3.05) is 6.61 Å². The molecule has 0 aliphatic carbocycles. The first-order valence-corrected chi connectivity index (χ1v) is 7.22. The third-order valence-electron chi connectivity index (χ3n) is 2.92. The Morgan fingerprint density at radius 3 is 2.57 bits per heavy atom. The van der Waals surface area contributed by atoms with E-state index in [0.717, 1.165) is 5.69 Å². The largest absolute Gasteiger partial charge is 0.450 e. The van der Waals surface area contributed by atoms with Crippen LogP contribution in [0.1, 0.15) is 28.7 Å². The summed E-state index contributed by atoms with van der Waals surface area (Å²) in [6.45, 7) is 2.57. The first kappa shape index (κ1) is 16.4. The zero-order valence-corrected chi connectivity index (χ0v) is 12.8. The standard InChI is InChI=1S/C16H18N4O3/c1-2-23-16(22)20-11-14-9-12(6-8-18-14)15(21)19-10-13-5-3-4-7-17-13/h3-9H,2,10-11H2,1H3,(H,19,21)(H,20,22). The van der Waals surface area contributed by atoms with Gasteiger partial charge in [0.05, 0.1) is 31.1 Å². The van der Waals surface area contributed by atoms with Crippen LogP contribution in [0.15, 0.2) is 42.7 Å². The van der Waals surface area contributed by atoms with Crippen LogP contribution >= 0.6 is 0 Å². The van der Waals surface area contributed by atoms with Gasteiger partial charge in [-0.15, -0.1) is 0 Å². The van der Waals surface area contributed by atoms with Gasteiger partial charge in [0.25, 0.3) is 5.91 Å². The van der Waals surface area contributed by atoms with Crippen LogP contribution in [0.4, 0.5) is 4.79 Å². The molecule has 2 amide bonds. The molecule has 0 atom stereocenters. The minimum Gasteiger partial charge on any atom is -0.450 e. The summed E-state index contributed by atoms with van der Waals surface area (Å²) < 4.78 is 4.76. The van der Waals surface area contributed by atoms with Crippen LogP contribution in [0, 0.1) is 0 Å². The minimum absolute atomic E-state index is 0.195. The fraction of sp³-hybridized carbons (Fsp3) is 0.250. The number of ether oxygens (including phenoxy) is 1. The summed E-state index contributed by atoms with van der Waals surface area (Å²) in [6.07, 6.45) is 2.68. The third-order valence-corrected chi connectivity index (χ3v) is 2.92. The molecule has 0 unspecified atom stereocenters. The van der Waals surface area contributed by atoms with Crippen LogP contribution in [0.2, 0.25) is 0 Å². The van der Waals surface area contributed by atoms with Crippen molar-refractivity contribution >= 4 is 12.0 Å². The maximum atomic E-state index is 12.1. The first-order valence-electron chi connectivity index (χ1n) is 7.22. The van der Waals surface area contributed by atoms with Gasteiger partial charge in [0, 0.05) is 18.0 Å². The molecule has 0 aliphatic heterocycles. The molecular formula is C16H18N4O3. The number of carbonyl (C=O) groups is 2. The molecule has 2 N–H and O–H groups in total. The topological polar surface area (TPSA) is 93.2 Å². The molecule has 0 spiro atoms. The van der Waals surface area contributed by atoms with Crippen molar-refractivity contribution < 1.29 is 14.3 Å². The summed E-state index contributed by atoms with van der Waals surface area (Å²) >= 11 is 0. The maximum absolute atomic E-state index is 12.1. The van der Waals surface area contributed by atoms with Gasteiger partial charge in [0.2, 0.25) is 0 Å². The van der Waals surface area contributed by atoms with Gasteiger partial charge in [0.1, 0.15) is 0 Å². The lowest BCUT2D eigenvalue weighted by molar-refractivity contribution is 0.0950. The monoisotopic (exact) mass is 314 g/mol. The summed E-state index contributed by atoms with van der Waals surface area (Å²) in [4.78, 5) is 31.6. The van der Waals surface area contributed by atoms with Crippen LogP contribution in [-0.4, -0.2) is 28.6 Å². The Morgan fingerprint density at radius 1 is 1.04 bits per heavy atom. The van der Waals surface area contributed by atoms with Crippen LogP contribution in [0.3, 0.4) is 0 Å². The lowest BCUT2D eigenvalue weighted by atomic mass is 10.2. The molecule has 23 heavy (non-hydrogen) atoms. The van der Waals surface area contributed by atoms with E-state index < -0.39 is 6.09 Å². The number of pyridine rings is 2. The lowest BCUT2D eigenvalue weighted by Crippen LogP contribution is -2.25. The van der Waals surface area contributed by atoms with E-state index in [9.17, 15) is 9.59 Å². The molecule has 0 bridgehead atoms. The average molecular weight is 314 g/mol. The van der Waals surface area contributed by atoms with Gasteiger partial charge in [-0.25, -0.2) is 4.79 Å². The first-order chi connectivity index (χ1) is 11.2. The second-order valence-electron chi connectivity index (χ2n) is 4.61. The Bertz CT molecular complexity index is 661. The van der Waals surface area contributed by atoms with Gasteiger partial charge in [0.15, 0.2) is 0 Å². The molecule has 120 valence electrons. The number of amides is 2. The van der Waals surface area contributed by atoms with E-state index in [1.54, 1.807) is 25.3 Å². The summed E-state index contributed by atoms with van der Waals surface area (Å²) in [7, 11) is 0. The smallest absolute Gasteiger partial charge is 0.407 e. The SMILES string of the molecule is CCOC(=O)NCc1cc(C(=O)NCc2ccccn2)ccn1. The Labute approximate surface area is 134 Å². The van der Waals surface area contributed by atoms with Gasteiger partial charge < -0.3 is 15.4 Å². The maximum Gasteiger partial charge on any atom is 0.407 e. The molecule has 0 radical (unpaired) electrons. The number of alkyl carbamates (subject to hydrolysis) is 1. The fourth-order valence-corrected chi connectivity index (χ4v) is 1.84. The van der Waals surface area contributed by atoms with Crippen molar-refractivity contribution in [3.8, 4) is 0 Å². The van der Waals surface area contributed by atoms with E-state index in [1.807, 2.05) is 18.2 Å². The van der Waals surface area contributed by atoms with Crippen LogP contribution in [-0.2, 0) is 17.8 Å². The molecule has 0 aliphatic rings. The van der Waals surface area contributed by atoms with Gasteiger partial charge in [-0.2, -0.15) is 0 Å². The molecule has 2 aromatic heterocycles. The highest BCUT2D eigenvalue weighted by molar-refractivity contribution is 5.94. The molecule has 7 nitrogen and oxygen atoms in total. The number of nitrogens with zero attached hydrogens (tertiary/aromatic N) is 2. The van der Waals surface area contributed by atoms with Gasteiger partial charge in [-0.1, -0.05) is 6.07 Å². The third kappa shape index (κ3) is 5.39. The molecule has 7 heteroatoms. The molecule has 2 heterocycles. The summed E-state index contributed by atoms with van der Waals surface area (Å²) in [5.41, 5.74) is 1.82. The molecule has 0 fully saturated rings. The lowest BCUT2D eigenvalue weighted by Gasteiger charge is -2.07. The Hall–Kier alpha value is -2.96. The number of rotatable bonds is 6. The molecule has 0 aromatic carbocycles. The highest BCUT2D eigenvalue weighted by atomic mass is 16.5. The molecule has 0 saturated carbocycles. The highest BCUT2D eigenvalue weighted by Gasteiger charge is 2.08. The second-order valence-corrected chi connectivity index (χ2v) is 4.61. The van der Waals surface area contributed by atoms with Crippen molar-refractivity contribution in [2.45, 2.75) is 20.0 Å². The Balaban J connectivity index is 1.90. The number of aromatic nitrogens is 2. The van der Waals surface area contributed by atoms with E-state index >= 15 is 0 Å². The van der Waals surface area contributed by atoms with E-state index in [4.69, 9.17) is 4.74 Å². The van der Waals surface area contributed by atoms with E-state index in [2.05, 4.69) is 20.6 Å². The molecular weight excluding hydrogens is 296 g/mol. The second kappa shape index (κ2) is 8.47. The number of hydrogen-bond donors (Lipinski definition) is 2. The van der Waals surface area contributed by atoms with Gasteiger partial charge in [-0.3, -0.25) is 14.8 Å². The van der Waals surface area contributed by atoms with Crippen molar-refractivity contribution in [1.29, 1.82) is 0 Å². The van der Waals surface area contributed by atoms with E-state index in [-0.39, 0.29) is 12.5 Å². The van der Waals surface area contributed by atoms with Crippen LogP contribution in [0.25, 0.3) is 0 Å². The molecule has 2 rings (SSSR count). The van der Waals surface area contributed by atoms with Gasteiger partial charge >= 0.3 is 6.09 Å². The normalized spacial score (nSPS) is 9.96.